The van der Waals surface area contributed by atoms with Gasteiger partial charge in [-0.15, -0.1) is 0 Å². The molecule has 9 heteroatoms. The first kappa shape index (κ1) is 14.8. The molecule has 1 N–H and O–H groups in total. The lowest BCUT2D eigenvalue weighted by Gasteiger charge is -2.06. The molecule has 2 rings (SSSR count). The van der Waals surface area contributed by atoms with Gasteiger partial charge in [0, 0.05) is 17.7 Å². The zero-order chi connectivity index (χ0) is 15.6. The highest BCUT2D eigenvalue weighted by atomic mass is 35.5. The molecular weight excluding hydrogens is 308 g/mol. The molecule has 0 aliphatic heterocycles. The Balaban J connectivity index is 2.35. The van der Waals surface area contributed by atoms with Gasteiger partial charge in [0.1, 0.15) is 16.8 Å². The molecule has 1 heterocycles. The molecule has 0 radical (unpaired) electrons. The van der Waals surface area contributed by atoms with E-state index < -0.39 is 34.0 Å². The number of rotatable bonds is 3. The van der Waals surface area contributed by atoms with E-state index in [1.54, 1.807) is 0 Å². The van der Waals surface area contributed by atoms with Crippen molar-refractivity contribution in [1.82, 2.24) is 4.98 Å². The van der Waals surface area contributed by atoms with Crippen molar-refractivity contribution in [3.8, 4) is 0 Å². The first-order chi connectivity index (χ1) is 9.86. The van der Waals surface area contributed by atoms with Gasteiger partial charge in [-0.3, -0.25) is 14.9 Å². The Labute approximate surface area is 121 Å². The number of benzene rings is 1. The fourth-order valence-electron chi connectivity index (χ4n) is 1.53. The predicted octanol–water partition coefficient (Wildman–Crippen LogP) is 3.17. The van der Waals surface area contributed by atoms with Crippen LogP contribution in [0.5, 0.6) is 0 Å². The molecule has 6 nitrogen and oxygen atoms in total. The van der Waals surface area contributed by atoms with Crippen LogP contribution in [-0.4, -0.2) is 15.8 Å². The minimum atomic E-state index is -0.953. The van der Waals surface area contributed by atoms with Gasteiger partial charge >= 0.3 is 5.69 Å². The number of nitrogens with zero attached hydrogens (tertiary/aromatic N) is 2. The monoisotopic (exact) mass is 313 g/mol. The van der Waals surface area contributed by atoms with Crippen molar-refractivity contribution < 1.29 is 18.5 Å². The van der Waals surface area contributed by atoms with E-state index in [2.05, 4.69) is 10.3 Å². The average molecular weight is 314 g/mol. The van der Waals surface area contributed by atoms with E-state index in [1.807, 2.05) is 0 Å². The van der Waals surface area contributed by atoms with Crippen LogP contribution < -0.4 is 5.32 Å². The maximum Gasteiger partial charge on any atom is 0.311 e. The van der Waals surface area contributed by atoms with Gasteiger partial charge in [0.05, 0.1) is 4.92 Å². The third-order valence-electron chi connectivity index (χ3n) is 2.39. The van der Waals surface area contributed by atoms with Crippen LogP contribution in [0.1, 0.15) is 10.4 Å². The maximum absolute atomic E-state index is 13.0. The van der Waals surface area contributed by atoms with Crippen LogP contribution in [0.4, 0.5) is 20.3 Å². The van der Waals surface area contributed by atoms with Crippen molar-refractivity contribution in [1.29, 1.82) is 0 Å². The SMILES string of the molecule is O=C(Nc1nc(Cl)ccc1[N+](=O)[O-])c1cc(F)cc(F)c1. The summed E-state index contributed by atoms with van der Waals surface area (Å²) >= 11 is 5.60. The second-order valence-electron chi connectivity index (χ2n) is 3.87. The van der Waals surface area contributed by atoms with Crippen LogP contribution in [0.25, 0.3) is 0 Å². The van der Waals surface area contributed by atoms with Crippen molar-refractivity contribution in [2.45, 2.75) is 0 Å². The van der Waals surface area contributed by atoms with Crippen LogP contribution >= 0.6 is 11.6 Å². The predicted molar refractivity (Wildman–Crippen MR) is 70.2 cm³/mol. The normalized spacial score (nSPS) is 10.2. The Bertz CT molecular complexity index is 719. The van der Waals surface area contributed by atoms with Crippen LogP contribution in [0.15, 0.2) is 30.3 Å². The van der Waals surface area contributed by atoms with E-state index in [0.29, 0.717) is 6.07 Å². The molecule has 0 aliphatic carbocycles. The summed E-state index contributed by atoms with van der Waals surface area (Å²) in [5, 5.41) is 12.8. The summed E-state index contributed by atoms with van der Waals surface area (Å²) in [5.74, 6) is -3.27. The van der Waals surface area contributed by atoms with Crippen LogP contribution in [-0.2, 0) is 0 Å². The van der Waals surface area contributed by atoms with E-state index in [1.165, 1.54) is 6.07 Å². The van der Waals surface area contributed by atoms with E-state index in [-0.39, 0.29) is 10.7 Å². The summed E-state index contributed by atoms with van der Waals surface area (Å²) in [4.78, 5) is 25.5. The first-order valence-corrected chi connectivity index (χ1v) is 5.83. The fourth-order valence-corrected chi connectivity index (χ4v) is 1.68. The quantitative estimate of drug-likeness (QED) is 0.536. The minimum Gasteiger partial charge on any atom is -0.301 e. The molecule has 108 valence electrons. The highest BCUT2D eigenvalue weighted by Gasteiger charge is 2.19. The highest BCUT2D eigenvalue weighted by Crippen LogP contribution is 2.24. The second-order valence-corrected chi connectivity index (χ2v) is 4.26. The number of nitro groups is 1. The molecule has 0 saturated heterocycles. The highest BCUT2D eigenvalue weighted by molar-refractivity contribution is 6.29. The molecule has 0 saturated carbocycles. The molecular formula is C12H6ClF2N3O3. The van der Waals surface area contributed by atoms with Crippen LogP contribution in [0, 0.1) is 21.7 Å². The topological polar surface area (TPSA) is 85.1 Å². The number of hydrogen-bond acceptors (Lipinski definition) is 4. The number of hydrogen-bond donors (Lipinski definition) is 1. The number of amides is 1. The number of nitrogens with one attached hydrogen (secondary N) is 1. The maximum atomic E-state index is 13.0. The van der Waals surface area contributed by atoms with E-state index in [0.717, 1.165) is 18.2 Å². The Kier molecular flexibility index (Phi) is 4.08. The van der Waals surface area contributed by atoms with E-state index in [4.69, 9.17) is 11.6 Å². The Morgan fingerprint density at radius 2 is 1.86 bits per heavy atom. The first-order valence-electron chi connectivity index (χ1n) is 5.45. The molecule has 1 amide bonds. The summed E-state index contributed by atoms with van der Waals surface area (Å²) in [5.41, 5.74) is -0.840. The summed E-state index contributed by atoms with van der Waals surface area (Å²) in [6, 6.07) is 4.40. The third-order valence-corrected chi connectivity index (χ3v) is 2.60. The molecule has 0 bridgehead atoms. The second kappa shape index (κ2) is 5.80. The number of carbonyl (C=O) groups excluding carboxylic acids is 1. The van der Waals surface area contributed by atoms with Gasteiger partial charge in [0.15, 0.2) is 0 Å². The molecule has 0 aliphatic rings. The standard InChI is InChI=1S/C12H6ClF2N3O3/c13-10-2-1-9(18(20)21)11(16-10)17-12(19)6-3-7(14)5-8(15)4-6/h1-5H,(H,16,17,19). The minimum absolute atomic E-state index is 0.0821. The van der Waals surface area contributed by atoms with Crippen molar-refractivity contribution in [2.75, 3.05) is 5.32 Å². The number of halogens is 3. The van der Waals surface area contributed by atoms with Crippen molar-refractivity contribution in [3.63, 3.8) is 0 Å². The van der Waals surface area contributed by atoms with Gasteiger partial charge < -0.3 is 5.32 Å². The molecule has 1 aromatic carbocycles. The summed E-state index contributed by atoms with van der Waals surface area (Å²) in [7, 11) is 0. The van der Waals surface area contributed by atoms with Gasteiger partial charge in [-0.2, -0.15) is 0 Å². The third kappa shape index (κ3) is 3.48. The zero-order valence-electron chi connectivity index (χ0n) is 10.1. The van der Waals surface area contributed by atoms with E-state index >= 15 is 0 Å². The lowest BCUT2D eigenvalue weighted by atomic mass is 10.2. The van der Waals surface area contributed by atoms with Crippen molar-refractivity contribution in [2.24, 2.45) is 0 Å². The summed E-state index contributed by atoms with van der Waals surface area (Å²) in [6.45, 7) is 0. The summed E-state index contributed by atoms with van der Waals surface area (Å²) in [6.07, 6.45) is 0. The smallest absolute Gasteiger partial charge is 0.301 e. The van der Waals surface area contributed by atoms with Gasteiger partial charge in [0.2, 0.25) is 5.82 Å². The fraction of sp³-hybridized carbons (Fsp3) is 0. The van der Waals surface area contributed by atoms with Gasteiger partial charge in [-0.25, -0.2) is 13.8 Å². The number of carbonyl (C=O) groups is 1. The Hall–Kier alpha value is -2.61. The number of pyridine rings is 1. The van der Waals surface area contributed by atoms with Crippen molar-refractivity contribution in [3.05, 3.63) is 62.8 Å². The molecule has 0 spiro atoms. The van der Waals surface area contributed by atoms with Crippen LogP contribution in [0.3, 0.4) is 0 Å². The lowest BCUT2D eigenvalue weighted by molar-refractivity contribution is -0.384. The summed E-state index contributed by atoms with van der Waals surface area (Å²) < 4.78 is 26.1. The number of anilines is 1. The Morgan fingerprint density at radius 3 is 2.43 bits per heavy atom. The molecule has 1 aromatic heterocycles. The zero-order valence-corrected chi connectivity index (χ0v) is 10.9. The molecule has 0 fully saturated rings. The van der Waals surface area contributed by atoms with Gasteiger partial charge in [-0.05, 0) is 18.2 Å². The molecule has 0 unspecified atom stereocenters. The van der Waals surface area contributed by atoms with Gasteiger partial charge in [-0.1, -0.05) is 11.6 Å². The van der Waals surface area contributed by atoms with Crippen LogP contribution in [0.2, 0.25) is 5.15 Å². The average Bonchev–Trinajstić information content (AvgIpc) is 2.37. The van der Waals surface area contributed by atoms with Crippen molar-refractivity contribution >= 4 is 29.0 Å². The van der Waals surface area contributed by atoms with Gasteiger partial charge in [0.25, 0.3) is 5.91 Å². The largest absolute Gasteiger partial charge is 0.311 e. The number of aromatic nitrogens is 1. The Morgan fingerprint density at radius 1 is 1.24 bits per heavy atom. The molecule has 2 aromatic rings. The lowest BCUT2D eigenvalue weighted by Crippen LogP contribution is -2.15. The molecule has 21 heavy (non-hydrogen) atoms. The molecule has 0 atom stereocenters. The van der Waals surface area contributed by atoms with E-state index in [9.17, 15) is 23.7 Å².